The second-order valence-electron chi connectivity index (χ2n) is 6.28. The molecule has 6 heteroatoms. The average Bonchev–Trinajstić information content (AvgIpc) is 2.93. The van der Waals surface area contributed by atoms with Gasteiger partial charge in [0.15, 0.2) is 0 Å². The minimum absolute atomic E-state index is 0.0125. The normalized spacial score (nSPS) is 26.5. The highest BCUT2D eigenvalue weighted by Gasteiger charge is 2.39. The zero-order chi connectivity index (χ0) is 15.7. The van der Waals surface area contributed by atoms with E-state index >= 15 is 0 Å². The van der Waals surface area contributed by atoms with E-state index < -0.39 is 10.0 Å². The summed E-state index contributed by atoms with van der Waals surface area (Å²) in [5, 5.41) is 8.94. The maximum atomic E-state index is 12.8. The molecule has 2 fully saturated rings. The molecule has 2 saturated heterocycles. The van der Waals surface area contributed by atoms with E-state index in [1.165, 1.54) is 0 Å². The molecule has 0 unspecified atom stereocenters. The predicted octanol–water partition coefficient (Wildman–Crippen LogP) is 1.56. The van der Waals surface area contributed by atoms with Crippen molar-refractivity contribution >= 4 is 10.0 Å². The highest BCUT2D eigenvalue weighted by Crippen LogP contribution is 2.27. The molecule has 2 aliphatic heterocycles. The van der Waals surface area contributed by atoms with E-state index in [4.69, 9.17) is 5.26 Å². The van der Waals surface area contributed by atoms with Gasteiger partial charge in [0.05, 0.1) is 17.4 Å². The van der Waals surface area contributed by atoms with Crippen LogP contribution in [0.5, 0.6) is 0 Å². The van der Waals surface area contributed by atoms with Crippen molar-refractivity contribution < 1.29 is 8.42 Å². The van der Waals surface area contributed by atoms with Crippen LogP contribution in [-0.4, -0.2) is 49.3 Å². The number of nitriles is 1. The van der Waals surface area contributed by atoms with Crippen LogP contribution in [0, 0.1) is 11.3 Å². The Morgan fingerprint density at radius 3 is 2.95 bits per heavy atom. The van der Waals surface area contributed by atoms with Crippen LogP contribution in [0.3, 0.4) is 0 Å². The lowest BCUT2D eigenvalue weighted by atomic mass is 10.1. The van der Waals surface area contributed by atoms with Crippen molar-refractivity contribution in [1.29, 1.82) is 5.26 Å². The standard InChI is InChI=1S/C16H21N3O2S/c1-13-10-18-7-3-6-16(18)11-19(13)22(20,21)12-15-5-2-4-14(8-15)9-17/h2,4-5,8,13,16H,3,6-7,10-12H2,1H3/t13-,16-/m0/s1. The largest absolute Gasteiger partial charge is 0.297 e. The summed E-state index contributed by atoms with van der Waals surface area (Å²) >= 11 is 0. The van der Waals surface area contributed by atoms with E-state index in [1.54, 1.807) is 28.6 Å². The predicted molar refractivity (Wildman–Crippen MR) is 84.5 cm³/mol. The molecule has 2 heterocycles. The van der Waals surface area contributed by atoms with Crippen molar-refractivity contribution in [2.45, 2.75) is 37.6 Å². The van der Waals surface area contributed by atoms with E-state index in [-0.39, 0.29) is 11.8 Å². The number of hydrogen-bond donors (Lipinski definition) is 0. The van der Waals surface area contributed by atoms with Crippen LogP contribution in [0.15, 0.2) is 24.3 Å². The Kier molecular flexibility index (Phi) is 4.22. The van der Waals surface area contributed by atoms with Crippen molar-refractivity contribution in [1.82, 2.24) is 9.21 Å². The maximum Gasteiger partial charge on any atom is 0.218 e. The van der Waals surface area contributed by atoms with Crippen molar-refractivity contribution in [3.63, 3.8) is 0 Å². The molecule has 0 saturated carbocycles. The summed E-state index contributed by atoms with van der Waals surface area (Å²) in [6, 6.07) is 9.30. The zero-order valence-corrected chi connectivity index (χ0v) is 13.6. The molecule has 2 atom stereocenters. The number of nitrogens with zero attached hydrogens (tertiary/aromatic N) is 3. The summed E-state index contributed by atoms with van der Waals surface area (Å²) in [5.41, 5.74) is 1.18. The molecule has 5 nitrogen and oxygen atoms in total. The Balaban J connectivity index is 1.78. The third kappa shape index (κ3) is 3.02. The molecule has 3 rings (SSSR count). The van der Waals surface area contributed by atoms with Gasteiger partial charge in [-0.1, -0.05) is 12.1 Å². The lowest BCUT2D eigenvalue weighted by Crippen LogP contribution is -2.56. The summed E-state index contributed by atoms with van der Waals surface area (Å²) in [6.07, 6.45) is 2.25. The summed E-state index contributed by atoms with van der Waals surface area (Å²) < 4.78 is 27.2. The van der Waals surface area contributed by atoms with Gasteiger partial charge in [0.1, 0.15) is 0 Å². The topological polar surface area (TPSA) is 64.4 Å². The third-order valence-corrected chi connectivity index (χ3v) is 6.56. The molecule has 0 radical (unpaired) electrons. The molecule has 0 aliphatic carbocycles. The maximum absolute atomic E-state index is 12.8. The Morgan fingerprint density at radius 1 is 1.36 bits per heavy atom. The number of hydrogen-bond acceptors (Lipinski definition) is 4. The Labute approximate surface area is 132 Å². The van der Waals surface area contributed by atoms with Crippen LogP contribution < -0.4 is 0 Å². The highest BCUT2D eigenvalue weighted by atomic mass is 32.2. The zero-order valence-electron chi connectivity index (χ0n) is 12.8. The van der Waals surface area contributed by atoms with E-state index in [1.807, 2.05) is 6.92 Å². The first kappa shape index (κ1) is 15.5. The summed E-state index contributed by atoms with van der Waals surface area (Å²) in [5.74, 6) is -0.0282. The molecule has 0 bridgehead atoms. The van der Waals surface area contributed by atoms with Crippen molar-refractivity contribution in [2.24, 2.45) is 0 Å². The molecule has 22 heavy (non-hydrogen) atoms. The van der Waals surface area contributed by atoms with Gasteiger partial charge in [0.25, 0.3) is 0 Å². The Bertz CT molecular complexity index is 696. The van der Waals surface area contributed by atoms with Gasteiger partial charge in [-0.15, -0.1) is 0 Å². The molecule has 0 N–H and O–H groups in total. The van der Waals surface area contributed by atoms with Crippen LogP contribution in [0.1, 0.15) is 30.9 Å². The molecule has 2 aliphatic rings. The van der Waals surface area contributed by atoms with Crippen molar-refractivity contribution in [2.75, 3.05) is 19.6 Å². The van der Waals surface area contributed by atoms with Crippen LogP contribution in [0.2, 0.25) is 0 Å². The van der Waals surface area contributed by atoms with Crippen molar-refractivity contribution in [3.8, 4) is 6.07 Å². The second-order valence-corrected chi connectivity index (χ2v) is 8.20. The Morgan fingerprint density at radius 2 is 2.18 bits per heavy atom. The van der Waals surface area contributed by atoms with Gasteiger partial charge in [-0.3, -0.25) is 4.90 Å². The third-order valence-electron chi connectivity index (χ3n) is 4.64. The number of fused-ring (bicyclic) bond motifs is 1. The number of benzene rings is 1. The van der Waals surface area contributed by atoms with Gasteiger partial charge in [-0.2, -0.15) is 9.57 Å². The lowest BCUT2D eigenvalue weighted by molar-refractivity contribution is 0.117. The van der Waals surface area contributed by atoms with Gasteiger partial charge in [0, 0.05) is 25.2 Å². The van der Waals surface area contributed by atoms with Gasteiger partial charge in [-0.05, 0) is 44.0 Å². The van der Waals surface area contributed by atoms with Crippen LogP contribution >= 0.6 is 0 Å². The summed E-state index contributed by atoms with van der Waals surface area (Å²) in [7, 11) is -3.35. The molecular weight excluding hydrogens is 298 g/mol. The number of piperazine rings is 1. The minimum Gasteiger partial charge on any atom is -0.297 e. The molecule has 0 amide bonds. The first-order valence-electron chi connectivity index (χ1n) is 7.72. The molecule has 0 spiro atoms. The average molecular weight is 319 g/mol. The molecule has 0 aromatic heterocycles. The highest BCUT2D eigenvalue weighted by molar-refractivity contribution is 7.88. The molecule has 118 valence electrons. The van der Waals surface area contributed by atoms with Crippen molar-refractivity contribution in [3.05, 3.63) is 35.4 Å². The van der Waals surface area contributed by atoms with E-state index in [0.29, 0.717) is 23.7 Å². The summed E-state index contributed by atoms with van der Waals surface area (Å²) in [4.78, 5) is 2.41. The Hall–Kier alpha value is -1.42. The molecular formula is C16H21N3O2S. The SMILES string of the molecule is C[C@H]1CN2CCC[C@H]2CN1S(=O)(=O)Cc1cccc(C#N)c1. The smallest absolute Gasteiger partial charge is 0.218 e. The van der Waals surface area contributed by atoms with E-state index in [0.717, 1.165) is 25.9 Å². The minimum atomic E-state index is -3.35. The van der Waals surface area contributed by atoms with E-state index in [9.17, 15) is 8.42 Å². The molecule has 1 aromatic rings. The van der Waals surface area contributed by atoms with E-state index in [2.05, 4.69) is 11.0 Å². The monoisotopic (exact) mass is 319 g/mol. The lowest BCUT2D eigenvalue weighted by Gasteiger charge is -2.41. The first-order valence-corrected chi connectivity index (χ1v) is 9.33. The van der Waals surface area contributed by atoms with Crippen LogP contribution in [-0.2, 0) is 15.8 Å². The van der Waals surface area contributed by atoms with Gasteiger partial charge in [-0.25, -0.2) is 8.42 Å². The fourth-order valence-electron chi connectivity index (χ4n) is 3.57. The van der Waals surface area contributed by atoms with Crippen LogP contribution in [0.25, 0.3) is 0 Å². The van der Waals surface area contributed by atoms with Gasteiger partial charge in [0.2, 0.25) is 10.0 Å². The van der Waals surface area contributed by atoms with Gasteiger partial charge < -0.3 is 0 Å². The quantitative estimate of drug-likeness (QED) is 0.848. The van der Waals surface area contributed by atoms with Crippen LogP contribution in [0.4, 0.5) is 0 Å². The fraction of sp³-hybridized carbons (Fsp3) is 0.562. The first-order chi connectivity index (χ1) is 10.5. The number of sulfonamides is 1. The second kappa shape index (κ2) is 5.99. The number of rotatable bonds is 3. The summed E-state index contributed by atoms with van der Waals surface area (Å²) in [6.45, 7) is 4.49. The fourth-order valence-corrected chi connectivity index (χ4v) is 5.35. The molecule has 1 aromatic carbocycles. The van der Waals surface area contributed by atoms with Gasteiger partial charge >= 0.3 is 0 Å².